The molecule has 0 N–H and O–H groups in total. The van der Waals surface area contributed by atoms with Crippen LogP contribution < -0.4 is 9.13 Å². The van der Waals surface area contributed by atoms with Crippen LogP contribution in [0.1, 0.15) is 24.0 Å². The van der Waals surface area contributed by atoms with Gasteiger partial charge in [-0.15, -0.1) is 0 Å². The Kier molecular flexibility index (Phi) is 7.95. The van der Waals surface area contributed by atoms with E-state index in [9.17, 15) is 0 Å². The monoisotopic (exact) mass is 470 g/mol. The Morgan fingerprint density at radius 1 is 0.417 bits per heavy atom. The number of nitrogens with zero attached hydrogens (tertiary/aromatic N) is 2. The van der Waals surface area contributed by atoms with Gasteiger partial charge in [0.25, 0.3) is 0 Å². The molecule has 0 atom stereocenters. The summed E-state index contributed by atoms with van der Waals surface area (Å²) in [4.78, 5) is 0. The third-order valence-corrected chi connectivity index (χ3v) is 6.69. The van der Waals surface area contributed by atoms with Crippen molar-refractivity contribution in [1.82, 2.24) is 0 Å². The van der Waals surface area contributed by atoms with Gasteiger partial charge in [-0.1, -0.05) is 84.9 Å². The Morgan fingerprint density at radius 3 is 1.33 bits per heavy atom. The van der Waals surface area contributed by atoms with Gasteiger partial charge in [-0.2, -0.15) is 0 Å². The number of aromatic nitrogens is 2. The van der Waals surface area contributed by atoms with Crippen LogP contribution in [0, 0.1) is 0 Å². The first kappa shape index (κ1) is 23.7. The molecule has 2 aromatic heterocycles. The van der Waals surface area contributed by atoms with Crippen molar-refractivity contribution in [1.29, 1.82) is 0 Å². The van der Waals surface area contributed by atoms with Gasteiger partial charge in [0.2, 0.25) is 0 Å². The van der Waals surface area contributed by atoms with Crippen molar-refractivity contribution in [2.24, 2.45) is 0 Å². The third kappa shape index (κ3) is 6.55. The van der Waals surface area contributed by atoms with E-state index in [1.807, 2.05) is 0 Å². The van der Waals surface area contributed by atoms with Gasteiger partial charge >= 0.3 is 0 Å². The maximum Gasteiger partial charge on any atom is 0.176 e. The van der Waals surface area contributed by atoms with Gasteiger partial charge in [-0.25, -0.2) is 9.13 Å². The molecule has 0 saturated heterocycles. The normalized spacial score (nSPS) is 10.9. The van der Waals surface area contributed by atoms with Crippen molar-refractivity contribution in [3.8, 4) is 22.3 Å². The minimum Gasteiger partial charge on any atom is -0.205 e. The Bertz CT molecular complexity index is 1270. The van der Waals surface area contributed by atoms with Gasteiger partial charge in [0.05, 0.1) is 0 Å². The van der Waals surface area contributed by atoms with Crippen molar-refractivity contribution in [2.45, 2.75) is 38.8 Å². The molecule has 0 aliphatic carbocycles. The standard InChI is InChI=1S/C34H34N2/c1-3-16-31(17-4-1)33-20-10-24-35(27-33)22-8-14-29-12-7-13-30(26-29)15-9-23-36-25-11-21-34(28-36)32-18-5-2-6-19-32/h1-7,10-13,16-21,24-28H,8-9,14-15,22-23H2/q+2. The van der Waals surface area contributed by atoms with E-state index in [0.29, 0.717) is 0 Å². The lowest BCUT2D eigenvalue weighted by Crippen LogP contribution is -2.33. The van der Waals surface area contributed by atoms with Gasteiger partial charge in [0.15, 0.2) is 24.8 Å². The largest absolute Gasteiger partial charge is 0.205 e. The molecule has 0 aliphatic rings. The highest BCUT2D eigenvalue weighted by Crippen LogP contribution is 2.17. The lowest BCUT2D eigenvalue weighted by atomic mass is 10.0. The molecule has 36 heavy (non-hydrogen) atoms. The van der Waals surface area contributed by atoms with Gasteiger partial charge in [0.1, 0.15) is 13.1 Å². The fourth-order valence-corrected chi connectivity index (χ4v) is 4.80. The van der Waals surface area contributed by atoms with Gasteiger partial charge in [-0.05, 0) is 47.2 Å². The molecule has 2 heteroatoms. The first-order valence-electron chi connectivity index (χ1n) is 13.0. The lowest BCUT2D eigenvalue weighted by molar-refractivity contribution is -0.696. The van der Waals surface area contributed by atoms with E-state index in [2.05, 4.69) is 143 Å². The summed E-state index contributed by atoms with van der Waals surface area (Å²) < 4.78 is 4.62. The fraction of sp³-hybridized carbons (Fsp3) is 0.176. The van der Waals surface area contributed by atoms with E-state index < -0.39 is 0 Å². The first-order valence-corrected chi connectivity index (χ1v) is 13.0. The predicted octanol–water partition coefficient (Wildman–Crippen LogP) is 6.86. The molecule has 0 radical (unpaired) electrons. The molecular weight excluding hydrogens is 436 g/mol. The SMILES string of the molecule is c1ccc(-c2ccc[n+](CCCc3cccc(CCC[n+]4cccc(-c5ccccc5)c4)c3)c2)cc1. The van der Waals surface area contributed by atoms with Gasteiger partial charge in [0, 0.05) is 36.1 Å². The van der Waals surface area contributed by atoms with E-state index in [1.54, 1.807) is 0 Å². The zero-order chi connectivity index (χ0) is 24.4. The Morgan fingerprint density at radius 2 is 0.861 bits per heavy atom. The Hall–Kier alpha value is -4.04. The van der Waals surface area contributed by atoms with Crippen LogP contribution in [0.4, 0.5) is 0 Å². The van der Waals surface area contributed by atoms with Crippen LogP contribution in [-0.2, 0) is 25.9 Å². The average Bonchev–Trinajstić information content (AvgIpc) is 2.95. The van der Waals surface area contributed by atoms with Crippen LogP contribution in [0.5, 0.6) is 0 Å². The molecule has 178 valence electrons. The van der Waals surface area contributed by atoms with Crippen molar-refractivity contribution < 1.29 is 9.13 Å². The smallest absolute Gasteiger partial charge is 0.176 e. The quantitative estimate of drug-likeness (QED) is 0.197. The van der Waals surface area contributed by atoms with Crippen LogP contribution in [0.3, 0.4) is 0 Å². The molecule has 0 saturated carbocycles. The maximum atomic E-state index is 2.40. The summed E-state index contributed by atoms with van der Waals surface area (Å²) in [5, 5.41) is 0. The molecule has 0 amide bonds. The van der Waals surface area contributed by atoms with E-state index in [4.69, 9.17) is 0 Å². The fourth-order valence-electron chi connectivity index (χ4n) is 4.80. The highest BCUT2D eigenvalue weighted by molar-refractivity contribution is 5.61. The third-order valence-electron chi connectivity index (χ3n) is 6.69. The molecule has 5 rings (SSSR count). The second kappa shape index (κ2) is 12.1. The number of hydrogen-bond donors (Lipinski definition) is 0. The van der Waals surface area contributed by atoms with Crippen LogP contribution in [0.15, 0.2) is 134 Å². The Balaban J connectivity index is 1.12. The summed E-state index contributed by atoms with van der Waals surface area (Å²) in [5.41, 5.74) is 7.95. The molecule has 2 heterocycles. The molecule has 0 unspecified atom stereocenters. The summed E-state index contributed by atoms with van der Waals surface area (Å²) in [5.74, 6) is 0. The number of hydrogen-bond acceptors (Lipinski definition) is 0. The van der Waals surface area contributed by atoms with E-state index in [1.165, 1.54) is 33.4 Å². The van der Waals surface area contributed by atoms with E-state index >= 15 is 0 Å². The highest BCUT2D eigenvalue weighted by atomic mass is 14.9. The lowest BCUT2D eigenvalue weighted by Gasteiger charge is -2.05. The number of benzene rings is 3. The van der Waals surface area contributed by atoms with Crippen LogP contribution >= 0.6 is 0 Å². The molecular formula is C34H34N2+2. The van der Waals surface area contributed by atoms with Crippen molar-refractivity contribution in [3.05, 3.63) is 145 Å². The van der Waals surface area contributed by atoms with Gasteiger partial charge < -0.3 is 0 Å². The minimum absolute atomic E-state index is 1.03. The minimum atomic E-state index is 1.03. The summed E-state index contributed by atoms with van der Waals surface area (Å²) in [6.45, 7) is 2.05. The van der Waals surface area contributed by atoms with Gasteiger partial charge in [-0.3, -0.25) is 0 Å². The second-order valence-corrected chi connectivity index (χ2v) is 9.42. The molecule has 0 bridgehead atoms. The molecule has 5 aromatic rings. The zero-order valence-electron chi connectivity index (χ0n) is 20.8. The van der Waals surface area contributed by atoms with Crippen molar-refractivity contribution in [2.75, 3.05) is 0 Å². The second-order valence-electron chi connectivity index (χ2n) is 9.42. The maximum absolute atomic E-state index is 2.40. The van der Waals surface area contributed by atoms with Crippen molar-refractivity contribution >= 4 is 0 Å². The summed E-state index contributed by atoms with van der Waals surface area (Å²) >= 11 is 0. The molecule has 0 spiro atoms. The molecule has 0 aliphatic heterocycles. The molecule has 3 aromatic carbocycles. The average molecular weight is 471 g/mol. The Labute approximate surface area is 215 Å². The van der Waals surface area contributed by atoms with Crippen molar-refractivity contribution in [3.63, 3.8) is 0 Å². The summed E-state index contributed by atoms with van der Waals surface area (Å²) in [6, 6.07) is 39.0. The van der Waals surface area contributed by atoms with E-state index in [0.717, 1.165) is 38.8 Å². The first-order chi connectivity index (χ1) is 17.8. The topological polar surface area (TPSA) is 7.76 Å². The van der Waals surface area contributed by atoms with Crippen LogP contribution in [-0.4, -0.2) is 0 Å². The van der Waals surface area contributed by atoms with E-state index in [-0.39, 0.29) is 0 Å². The number of rotatable bonds is 10. The number of pyridine rings is 2. The highest BCUT2D eigenvalue weighted by Gasteiger charge is 2.07. The summed E-state index contributed by atoms with van der Waals surface area (Å²) in [7, 11) is 0. The van der Waals surface area contributed by atoms with Crippen LogP contribution in [0.2, 0.25) is 0 Å². The molecule has 0 fully saturated rings. The summed E-state index contributed by atoms with van der Waals surface area (Å²) in [6.07, 6.45) is 13.3. The number of aryl methyl sites for hydroxylation is 4. The zero-order valence-corrected chi connectivity index (χ0v) is 20.8. The predicted molar refractivity (Wildman–Crippen MR) is 147 cm³/mol. The van der Waals surface area contributed by atoms with Crippen LogP contribution in [0.25, 0.3) is 22.3 Å². The molecule has 2 nitrogen and oxygen atoms in total.